The molecular weight excluding hydrogens is 236 g/mol. The summed E-state index contributed by atoms with van der Waals surface area (Å²) in [6.07, 6.45) is -1.12. The largest absolute Gasteiger partial charge is 0.453 e. The minimum Gasteiger partial charge on any atom is -0.453 e. The number of benzene rings is 1. The van der Waals surface area contributed by atoms with Gasteiger partial charge in [-0.1, -0.05) is 17.7 Å². The molecule has 0 unspecified atom stereocenters. The van der Waals surface area contributed by atoms with E-state index in [1.54, 1.807) is 12.1 Å². The summed E-state index contributed by atoms with van der Waals surface area (Å²) in [7, 11) is 1.26. The van der Waals surface area contributed by atoms with Crippen molar-refractivity contribution < 1.29 is 19.1 Å². The van der Waals surface area contributed by atoms with E-state index in [9.17, 15) is 9.59 Å². The number of carbonyl (C=O) groups is 2. The van der Waals surface area contributed by atoms with Gasteiger partial charge in [-0.3, -0.25) is 5.32 Å². The van der Waals surface area contributed by atoms with E-state index in [0.717, 1.165) is 5.56 Å². The van der Waals surface area contributed by atoms with Gasteiger partial charge in [-0.05, 0) is 19.1 Å². The standard InChI is InChI=1S/C12H16N2O4/c1-9-3-5-10(6-4-9)14-12(16)18-8-7-13-11(15)17-2/h3-6H,7-8H2,1-2H3,(H,13,15)(H,14,16). The van der Waals surface area contributed by atoms with Gasteiger partial charge in [-0.25, -0.2) is 9.59 Å². The van der Waals surface area contributed by atoms with Crippen LogP contribution in [0.5, 0.6) is 0 Å². The highest BCUT2D eigenvalue weighted by Crippen LogP contribution is 2.08. The van der Waals surface area contributed by atoms with E-state index in [-0.39, 0.29) is 13.2 Å². The molecule has 0 fully saturated rings. The van der Waals surface area contributed by atoms with Crippen molar-refractivity contribution in [3.8, 4) is 0 Å². The highest BCUT2D eigenvalue weighted by molar-refractivity contribution is 5.84. The van der Waals surface area contributed by atoms with Crippen LogP contribution in [-0.4, -0.2) is 32.4 Å². The number of nitrogens with one attached hydrogen (secondary N) is 2. The Hall–Kier alpha value is -2.24. The van der Waals surface area contributed by atoms with Crippen molar-refractivity contribution >= 4 is 17.9 Å². The Bertz CT molecular complexity index is 403. The fourth-order valence-corrected chi connectivity index (χ4v) is 1.16. The van der Waals surface area contributed by atoms with E-state index >= 15 is 0 Å². The lowest BCUT2D eigenvalue weighted by molar-refractivity contribution is 0.151. The van der Waals surface area contributed by atoms with E-state index in [0.29, 0.717) is 5.69 Å². The molecule has 1 rings (SSSR count). The number of hydrogen-bond donors (Lipinski definition) is 2. The Balaban J connectivity index is 2.21. The molecule has 0 aliphatic heterocycles. The van der Waals surface area contributed by atoms with Gasteiger partial charge in [-0.15, -0.1) is 0 Å². The van der Waals surface area contributed by atoms with Gasteiger partial charge in [0.2, 0.25) is 0 Å². The van der Waals surface area contributed by atoms with Crippen molar-refractivity contribution in [1.82, 2.24) is 5.32 Å². The number of ether oxygens (including phenoxy) is 2. The topological polar surface area (TPSA) is 76.7 Å². The second-order valence-electron chi connectivity index (χ2n) is 3.55. The van der Waals surface area contributed by atoms with E-state index in [1.807, 2.05) is 19.1 Å². The van der Waals surface area contributed by atoms with E-state index in [4.69, 9.17) is 4.74 Å². The third-order valence-corrected chi connectivity index (χ3v) is 2.09. The number of methoxy groups -OCH3 is 1. The lowest BCUT2D eigenvalue weighted by Crippen LogP contribution is -2.28. The molecule has 0 aliphatic carbocycles. The maximum atomic E-state index is 11.3. The SMILES string of the molecule is COC(=O)NCCOC(=O)Nc1ccc(C)cc1. The van der Waals surface area contributed by atoms with Crippen LogP contribution in [0.4, 0.5) is 15.3 Å². The average Bonchev–Trinajstić information content (AvgIpc) is 2.37. The van der Waals surface area contributed by atoms with Crippen LogP contribution in [0.2, 0.25) is 0 Å². The summed E-state index contributed by atoms with van der Waals surface area (Å²) >= 11 is 0. The van der Waals surface area contributed by atoms with Gasteiger partial charge in [-0.2, -0.15) is 0 Å². The van der Waals surface area contributed by atoms with Gasteiger partial charge >= 0.3 is 12.2 Å². The summed E-state index contributed by atoms with van der Waals surface area (Å²) in [5, 5.41) is 4.96. The lowest BCUT2D eigenvalue weighted by atomic mass is 10.2. The lowest BCUT2D eigenvalue weighted by Gasteiger charge is -2.07. The van der Waals surface area contributed by atoms with E-state index in [1.165, 1.54) is 7.11 Å². The normalized spacial score (nSPS) is 9.44. The van der Waals surface area contributed by atoms with Crippen LogP contribution in [0.1, 0.15) is 5.56 Å². The zero-order valence-electron chi connectivity index (χ0n) is 10.4. The molecule has 0 radical (unpaired) electrons. The van der Waals surface area contributed by atoms with Crippen molar-refractivity contribution in [2.45, 2.75) is 6.92 Å². The van der Waals surface area contributed by atoms with Crippen LogP contribution < -0.4 is 10.6 Å². The highest BCUT2D eigenvalue weighted by atomic mass is 16.6. The Labute approximate surface area is 105 Å². The molecule has 1 aromatic carbocycles. The second kappa shape index (κ2) is 7.16. The molecule has 0 atom stereocenters. The summed E-state index contributed by atoms with van der Waals surface area (Å²) in [6.45, 7) is 2.24. The van der Waals surface area contributed by atoms with Crippen LogP contribution in [0, 0.1) is 6.92 Å². The molecule has 0 aliphatic rings. The number of carbonyl (C=O) groups excluding carboxylic acids is 2. The molecule has 6 nitrogen and oxygen atoms in total. The van der Waals surface area contributed by atoms with Crippen LogP contribution in [-0.2, 0) is 9.47 Å². The molecule has 0 aromatic heterocycles. The maximum Gasteiger partial charge on any atom is 0.411 e. The predicted octanol–water partition coefficient (Wildman–Crippen LogP) is 1.90. The smallest absolute Gasteiger partial charge is 0.411 e. The van der Waals surface area contributed by atoms with Crippen molar-refractivity contribution in [2.75, 3.05) is 25.6 Å². The van der Waals surface area contributed by atoms with Crippen LogP contribution in [0.25, 0.3) is 0 Å². The number of alkyl carbamates (subject to hydrolysis) is 1. The summed E-state index contributed by atoms with van der Waals surface area (Å²) in [4.78, 5) is 22.0. The Morgan fingerprint density at radius 1 is 1.17 bits per heavy atom. The molecule has 6 heteroatoms. The first-order valence-corrected chi connectivity index (χ1v) is 5.44. The van der Waals surface area contributed by atoms with Crippen molar-refractivity contribution in [2.24, 2.45) is 0 Å². The van der Waals surface area contributed by atoms with Crippen molar-refractivity contribution in [1.29, 1.82) is 0 Å². The minimum atomic E-state index is -0.564. The number of aryl methyl sites for hydroxylation is 1. The van der Waals surface area contributed by atoms with Gasteiger partial charge in [0.05, 0.1) is 13.7 Å². The Morgan fingerprint density at radius 2 is 1.83 bits per heavy atom. The van der Waals surface area contributed by atoms with E-state index in [2.05, 4.69) is 15.4 Å². The fraction of sp³-hybridized carbons (Fsp3) is 0.333. The van der Waals surface area contributed by atoms with Gasteiger partial charge in [0, 0.05) is 5.69 Å². The Morgan fingerprint density at radius 3 is 2.44 bits per heavy atom. The molecule has 0 heterocycles. The average molecular weight is 252 g/mol. The van der Waals surface area contributed by atoms with Gasteiger partial charge in [0.1, 0.15) is 6.61 Å². The zero-order chi connectivity index (χ0) is 13.4. The maximum absolute atomic E-state index is 11.3. The van der Waals surface area contributed by atoms with Gasteiger partial charge < -0.3 is 14.8 Å². The van der Waals surface area contributed by atoms with Gasteiger partial charge in [0.15, 0.2) is 0 Å². The zero-order valence-corrected chi connectivity index (χ0v) is 10.4. The van der Waals surface area contributed by atoms with E-state index < -0.39 is 12.2 Å². The molecule has 18 heavy (non-hydrogen) atoms. The molecule has 2 amide bonds. The molecule has 1 aromatic rings. The summed E-state index contributed by atoms with van der Waals surface area (Å²) in [6, 6.07) is 7.33. The highest BCUT2D eigenvalue weighted by Gasteiger charge is 2.03. The summed E-state index contributed by atoms with van der Waals surface area (Å²) < 4.78 is 9.21. The number of hydrogen-bond acceptors (Lipinski definition) is 4. The Kier molecular flexibility index (Phi) is 5.50. The predicted molar refractivity (Wildman–Crippen MR) is 66.6 cm³/mol. The monoisotopic (exact) mass is 252 g/mol. The fourth-order valence-electron chi connectivity index (χ4n) is 1.16. The van der Waals surface area contributed by atoms with Crippen LogP contribution in [0.3, 0.4) is 0 Å². The summed E-state index contributed by atoms with van der Waals surface area (Å²) in [5.41, 5.74) is 1.77. The second-order valence-corrected chi connectivity index (χ2v) is 3.55. The van der Waals surface area contributed by atoms with Crippen LogP contribution in [0.15, 0.2) is 24.3 Å². The first-order valence-electron chi connectivity index (χ1n) is 5.44. The van der Waals surface area contributed by atoms with Gasteiger partial charge in [0.25, 0.3) is 0 Å². The van der Waals surface area contributed by atoms with Crippen molar-refractivity contribution in [3.63, 3.8) is 0 Å². The molecular formula is C12H16N2O4. The first-order chi connectivity index (χ1) is 8.61. The molecule has 0 saturated heterocycles. The quantitative estimate of drug-likeness (QED) is 0.802. The number of amides is 2. The molecule has 98 valence electrons. The van der Waals surface area contributed by atoms with Crippen LogP contribution >= 0.6 is 0 Å². The van der Waals surface area contributed by atoms with Crippen molar-refractivity contribution in [3.05, 3.63) is 29.8 Å². The molecule has 0 spiro atoms. The molecule has 0 bridgehead atoms. The number of anilines is 1. The molecule has 2 N–H and O–H groups in total. The number of rotatable bonds is 4. The molecule has 0 saturated carbocycles. The third kappa shape index (κ3) is 5.20. The first kappa shape index (κ1) is 13.8. The third-order valence-electron chi connectivity index (χ3n) is 2.09. The minimum absolute atomic E-state index is 0.0762. The summed E-state index contributed by atoms with van der Waals surface area (Å²) in [5.74, 6) is 0.